The number of hydrogen-bond acceptors (Lipinski definition) is 7. The molecule has 0 saturated carbocycles. The van der Waals surface area contributed by atoms with Crippen molar-refractivity contribution in [1.29, 1.82) is 0 Å². The molecule has 1 aromatic rings. The van der Waals surface area contributed by atoms with Gasteiger partial charge in [-0.05, 0) is 18.8 Å². The number of aliphatic carboxylic acids is 2. The van der Waals surface area contributed by atoms with E-state index in [1.54, 1.807) is 13.8 Å². The van der Waals surface area contributed by atoms with Crippen LogP contribution in [0, 0.1) is 5.92 Å². The molecule has 1 aliphatic heterocycles. The number of aromatic nitrogens is 2. The van der Waals surface area contributed by atoms with E-state index in [1.807, 2.05) is 0 Å². The molecule has 3 amide bonds. The summed E-state index contributed by atoms with van der Waals surface area (Å²) in [5, 5.41) is 23.4. The Kier molecular flexibility index (Phi) is 8.91. The van der Waals surface area contributed by atoms with E-state index in [0.29, 0.717) is 12.1 Å². The van der Waals surface area contributed by atoms with E-state index in [1.165, 1.54) is 17.4 Å². The molecule has 4 unspecified atom stereocenters. The predicted octanol–water partition coefficient (Wildman–Crippen LogP) is -1.54. The van der Waals surface area contributed by atoms with Gasteiger partial charge in [0.25, 0.3) is 0 Å². The van der Waals surface area contributed by atoms with Gasteiger partial charge in [-0.25, -0.2) is 9.78 Å². The Balaban J connectivity index is 2.11. The lowest BCUT2D eigenvalue weighted by Crippen LogP contribution is -2.57. The number of nitrogens with zero attached hydrogens (tertiary/aromatic N) is 2. The van der Waals surface area contributed by atoms with E-state index in [4.69, 9.17) is 5.73 Å². The molecular formula is C20H30N6O7. The standard InChI is InChI=1S/C20H30N6O7/c1-10(2)16(20(32)33)25-18(30)14-4-3-5-26(14)19(31)13(7-15(27)28)24-17(29)12(21)6-11-8-22-9-23-11/h8-10,12-14,16H,3-7,21H2,1-2H3,(H,22,23)(H,24,29)(H,25,30)(H,27,28)(H,32,33). The average molecular weight is 466 g/mol. The molecule has 0 radical (unpaired) electrons. The van der Waals surface area contributed by atoms with Crippen LogP contribution in [0.1, 0.15) is 38.8 Å². The third-order valence-electron chi connectivity index (χ3n) is 5.39. The Hall–Kier alpha value is -3.48. The molecule has 0 spiro atoms. The van der Waals surface area contributed by atoms with Crippen molar-refractivity contribution in [1.82, 2.24) is 25.5 Å². The van der Waals surface area contributed by atoms with Gasteiger partial charge >= 0.3 is 11.9 Å². The molecular weight excluding hydrogens is 436 g/mol. The molecule has 0 aromatic carbocycles. The molecule has 7 N–H and O–H groups in total. The fraction of sp³-hybridized carbons (Fsp3) is 0.600. The molecule has 13 heteroatoms. The normalized spacial score (nSPS) is 18.4. The summed E-state index contributed by atoms with van der Waals surface area (Å²) in [6, 6.07) is -4.60. The third kappa shape index (κ3) is 7.00. The lowest BCUT2D eigenvalue weighted by atomic mass is 10.0. The zero-order valence-corrected chi connectivity index (χ0v) is 18.5. The van der Waals surface area contributed by atoms with Crippen LogP contribution in [0.3, 0.4) is 0 Å². The maximum Gasteiger partial charge on any atom is 0.326 e. The van der Waals surface area contributed by atoms with Crippen LogP contribution in [0.5, 0.6) is 0 Å². The summed E-state index contributed by atoms with van der Waals surface area (Å²) < 4.78 is 0. The van der Waals surface area contributed by atoms with E-state index in [-0.39, 0.29) is 25.3 Å². The fourth-order valence-electron chi connectivity index (χ4n) is 3.65. The van der Waals surface area contributed by atoms with E-state index in [9.17, 15) is 34.2 Å². The second-order valence-electron chi connectivity index (χ2n) is 8.30. The zero-order valence-electron chi connectivity index (χ0n) is 18.5. The van der Waals surface area contributed by atoms with Gasteiger partial charge in [-0.1, -0.05) is 13.8 Å². The number of nitrogens with one attached hydrogen (secondary N) is 3. The summed E-state index contributed by atoms with van der Waals surface area (Å²) in [7, 11) is 0. The second-order valence-corrected chi connectivity index (χ2v) is 8.30. The average Bonchev–Trinajstić information content (AvgIpc) is 3.41. The molecule has 1 saturated heterocycles. The molecule has 33 heavy (non-hydrogen) atoms. The van der Waals surface area contributed by atoms with Gasteiger partial charge in [-0.2, -0.15) is 0 Å². The lowest BCUT2D eigenvalue weighted by Gasteiger charge is -2.30. The topological polar surface area (TPSA) is 208 Å². The molecule has 182 valence electrons. The number of nitrogens with two attached hydrogens (primary N) is 1. The Morgan fingerprint density at radius 2 is 1.94 bits per heavy atom. The second kappa shape index (κ2) is 11.4. The number of carboxylic acids is 2. The van der Waals surface area contributed by atoms with Crippen molar-refractivity contribution in [3.05, 3.63) is 18.2 Å². The largest absolute Gasteiger partial charge is 0.481 e. The number of likely N-dealkylation sites (tertiary alicyclic amines) is 1. The number of amides is 3. The highest BCUT2D eigenvalue weighted by molar-refractivity contribution is 5.96. The predicted molar refractivity (Wildman–Crippen MR) is 114 cm³/mol. The van der Waals surface area contributed by atoms with Gasteiger partial charge in [0.15, 0.2) is 0 Å². The van der Waals surface area contributed by atoms with Crippen LogP contribution in [0.4, 0.5) is 0 Å². The van der Waals surface area contributed by atoms with Crippen LogP contribution in [-0.2, 0) is 30.4 Å². The highest BCUT2D eigenvalue weighted by Gasteiger charge is 2.40. The van der Waals surface area contributed by atoms with Crippen molar-refractivity contribution in [3.63, 3.8) is 0 Å². The number of rotatable bonds is 11. The molecule has 0 aliphatic carbocycles. The molecule has 1 aliphatic rings. The van der Waals surface area contributed by atoms with E-state index in [2.05, 4.69) is 20.6 Å². The minimum atomic E-state index is -1.43. The fourth-order valence-corrected chi connectivity index (χ4v) is 3.65. The van der Waals surface area contributed by atoms with Crippen LogP contribution >= 0.6 is 0 Å². The first kappa shape index (κ1) is 25.8. The first-order chi connectivity index (χ1) is 15.5. The third-order valence-corrected chi connectivity index (χ3v) is 5.39. The van der Waals surface area contributed by atoms with Gasteiger partial charge in [0.2, 0.25) is 17.7 Å². The van der Waals surface area contributed by atoms with Gasteiger partial charge in [-0.3, -0.25) is 19.2 Å². The smallest absolute Gasteiger partial charge is 0.326 e. The molecule has 1 aromatic heterocycles. The summed E-state index contributed by atoms with van der Waals surface area (Å²) in [5.41, 5.74) is 6.47. The summed E-state index contributed by atoms with van der Waals surface area (Å²) in [6.45, 7) is 3.45. The highest BCUT2D eigenvalue weighted by atomic mass is 16.4. The molecule has 13 nitrogen and oxygen atoms in total. The summed E-state index contributed by atoms with van der Waals surface area (Å²) >= 11 is 0. The van der Waals surface area contributed by atoms with E-state index in [0.717, 1.165) is 0 Å². The first-order valence-corrected chi connectivity index (χ1v) is 10.6. The molecule has 2 heterocycles. The Bertz CT molecular complexity index is 872. The highest BCUT2D eigenvalue weighted by Crippen LogP contribution is 2.20. The zero-order chi connectivity index (χ0) is 24.7. The van der Waals surface area contributed by atoms with E-state index < -0.39 is 60.2 Å². The number of carbonyl (C=O) groups is 5. The molecule has 4 atom stereocenters. The Morgan fingerprint density at radius 1 is 1.24 bits per heavy atom. The SMILES string of the molecule is CC(C)C(NC(=O)C1CCCN1C(=O)C(CC(=O)O)NC(=O)C(N)Cc1cnc[nH]1)C(=O)O. The van der Waals surface area contributed by atoms with Crippen LogP contribution in [0.25, 0.3) is 0 Å². The summed E-state index contributed by atoms with van der Waals surface area (Å²) in [4.78, 5) is 68.9. The molecule has 1 fully saturated rings. The van der Waals surface area contributed by atoms with Crippen molar-refractivity contribution in [2.24, 2.45) is 11.7 Å². The number of aromatic amines is 1. The number of imidazole rings is 1. The van der Waals surface area contributed by atoms with Crippen molar-refractivity contribution >= 4 is 29.7 Å². The first-order valence-electron chi connectivity index (χ1n) is 10.6. The molecule has 0 bridgehead atoms. The van der Waals surface area contributed by atoms with Crippen LogP contribution in [0.15, 0.2) is 12.5 Å². The minimum Gasteiger partial charge on any atom is -0.481 e. The van der Waals surface area contributed by atoms with Gasteiger partial charge in [-0.15, -0.1) is 0 Å². The molecule has 2 rings (SSSR count). The van der Waals surface area contributed by atoms with Gasteiger partial charge in [0.05, 0.1) is 18.8 Å². The van der Waals surface area contributed by atoms with Crippen LogP contribution < -0.4 is 16.4 Å². The Morgan fingerprint density at radius 3 is 2.48 bits per heavy atom. The van der Waals surface area contributed by atoms with Crippen molar-refractivity contribution < 1.29 is 34.2 Å². The minimum absolute atomic E-state index is 0.0976. The summed E-state index contributed by atoms with van der Waals surface area (Å²) in [5.74, 6) is -5.01. The maximum atomic E-state index is 13.1. The number of carbonyl (C=O) groups excluding carboxylic acids is 3. The number of H-pyrrole nitrogens is 1. The number of carboxylic acid groups (broad SMARTS) is 2. The van der Waals surface area contributed by atoms with Crippen molar-refractivity contribution in [2.45, 2.75) is 63.7 Å². The van der Waals surface area contributed by atoms with E-state index >= 15 is 0 Å². The monoisotopic (exact) mass is 466 g/mol. The van der Waals surface area contributed by atoms with Crippen LogP contribution in [-0.4, -0.2) is 85.5 Å². The Labute approximate surface area is 190 Å². The quantitative estimate of drug-likeness (QED) is 0.223. The van der Waals surface area contributed by atoms with Crippen LogP contribution in [0.2, 0.25) is 0 Å². The van der Waals surface area contributed by atoms with Gasteiger partial charge in [0, 0.05) is 24.9 Å². The van der Waals surface area contributed by atoms with Gasteiger partial charge in [0.1, 0.15) is 18.1 Å². The van der Waals surface area contributed by atoms with Gasteiger partial charge < -0.3 is 36.5 Å². The van der Waals surface area contributed by atoms with Crippen molar-refractivity contribution in [2.75, 3.05) is 6.54 Å². The maximum absolute atomic E-state index is 13.1. The summed E-state index contributed by atoms with van der Waals surface area (Å²) in [6.07, 6.45) is 3.06. The van der Waals surface area contributed by atoms with Crippen molar-refractivity contribution in [3.8, 4) is 0 Å². The lowest BCUT2D eigenvalue weighted by molar-refractivity contribution is -0.147. The number of hydrogen-bond donors (Lipinski definition) is 6.